The first-order valence-corrected chi connectivity index (χ1v) is 28.9. The van der Waals surface area contributed by atoms with E-state index in [1.807, 2.05) is 13.8 Å². The minimum atomic E-state index is -4.59. The van der Waals surface area contributed by atoms with Gasteiger partial charge < -0.3 is 0 Å². The summed E-state index contributed by atoms with van der Waals surface area (Å²) >= 11 is 0. The van der Waals surface area contributed by atoms with E-state index in [1.54, 1.807) is 13.8 Å². The third kappa shape index (κ3) is 20.5. The van der Waals surface area contributed by atoms with Gasteiger partial charge in [0.05, 0.1) is 27.6 Å². The van der Waals surface area contributed by atoms with Gasteiger partial charge in [-0.1, -0.05) is 141 Å². The molecule has 0 spiro atoms. The molecule has 0 amide bonds. The second-order valence-electron chi connectivity index (χ2n) is 26.6. The summed E-state index contributed by atoms with van der Waals surface area (Å²) in [6.07, 6.45) is 0.347. The van der Waals surface area contributed by atoms with Gasteiger partial charge in [-0.05, 0) is 145 Å². The van der Waals surface area contributed by atoms with Crippen molar-refractivity contribution in [2.45, 2.75) is 312 Å². The van der Waals surface area contributed by atoms with Crippen molar-refractivity contribution in [3.05, 3.63) is 0 Å². The standard InChI is InChI=1S/C10H14F6.C8H13F3.C8H16.2C7H11F3.C7H13F.2C6H11F/c1-6-7(2,9(11,12)13)4-5-8(6,3)10(14,15)16;1-6-4-3-5-7(6,2)8(9,10)11;1-3-8(2)6-4-5-7-8;1-5-6(2,8)3-4-7(5,9)10;1-6(7(8,9)10)4-2-3-5-6;1-5-3-4-7(8)6(5)2;1-6(7)4-2-3-5-6;1-5-3-2-4-6(5)7/h6H,4-5H2,1-3H3;6H,3-5H2,1-2H3;3-7H2,1-2H3;5H,3-4H2,1-2H3;2-5H2,1H3;5-7H,3-4H2,1-2H3;2-5H2,1H3;5-6H,2-4H2,1H3/t;6-,7?;;5-,6?;;5?,6-,7?;;5-,6?/m.1.1.1.1/s1. The van der Waals surface area contributed by atoms with Crippen LogP contribution in [0.15, 0.2) is 0 Å². The molecule has 18 heteroatoms. The van der Waals surface area contributed by atoms with Gasteiger partial charge in [0.2, 0.25) is 0 Å². The summed E-state index contributed by atoms with van der Waals surface area (Å²) in [5.41, 5.74) is -8.99. The monoisotopic (exact) mass is 1150 g/mol. The summed E-state index contributed by atoms with van der Waals surface area (Å²) in [7, 11) is 0. The largest absolute Gasteiger partial charge is 0.394 e. The molecule has 0 bridgehead atoms. The number of hydrogen-bond donors (Lipinski definition) is 0. The fourth-order valence-corrected chi connectivity index (χ4v) is 12.0. The van der Waals surface area contributed by atoms with Crippen LogP contribution < -0.4 is 0 Å². The van der Waals surface area contributed by atoms with Crippen LogP contribution in [0.2, 0.25) is 0 Å². The van der Waals surface area contributed by atoms with Crippen molar-refractivity contribution in [1.82, 2.24) is 0 Å². The average molecular weight is 1150 g/mol. The highest BCUT2D eigenvalue weighted by atomic mass is 19.4. The van der Waals surface area contributed by atoms with Gasteiger partial charge in [0.25, 0.3) is 5.92 Å². The van der Waals surface area contributed by atoms with Crippen molar-refractivity contribution in [2.24, 2.45) is 62.6 Å². The van der Waals surface area contributed by atoms with E-state index < -0.39 is 101 Å². The van der Waals surface area contributed by atoms with E-state index in [9.17, 15) is 79.0 Å². The van der Waals surface area contributed by atoms with Crippen LogP contribution >= 0.6 is 0 Å². The van der Waals surface area contributed by atoms with Crippen molar-refractivity contribution in [2.75, 3.05) is 0 Å². The summed E-state index contributed by atoms with van der Waals surface area (Å²) in [4.78, 5) is 0. The first-order chi connectivity index (χ1) is 34.6. The highest BCUT2D eigenvalue weighted by molar-refractivity contribution is 5.05. The van der Waals surface area contributed by atoms with Crippen molar-refractivity contribution in [3.63, 3.8) is 0 Å². The second-order valence-corrected chi connectivity index (χ2v) is 26.6. The first-order valence-electron chi connectivity index (χ1n) is 28.9. The van der Waals surface area contributed by atoms with Crippen molar-refractivity contribution < 1.29 is 79.0 Å². The fraction of sp³-hybridized carbons (Fsp3) is 1.00. The van der Waals surface area contributed by atoms with Crippen LogP contribution in [-0.2, 0) is 0 Å². The van der Waals surface area contributed by atoms with Crippen LogP contribution in [-0.4, -0.2) is 54.3 Å². The fourth-order valence-electron chi connectivity index (χ4n) is 12.0. The van der Waals surface area contributed by atoms with Crippen molar-refractivity contribution in [1.29, 1.82) is 0 Å². The number of alkyl halides is 18. The van der Waals surface area contributed by atoms with E-state index in [4.69, 9.17) is 0 Å². The summed E-state index contributed by atoms with van der Waals surface area (Å²) in [5.74, 6) is -4.30. The molecule has 462 valence electrons. The Morgan fingerprint density at radius 3 is 0.961 bits per heavy atom. The SMILES string of the molecule is CC1(C(F)(F)F)CCCC1.CC1(F)CCCC1.CC1C(C)(C(F)(F)F)CCC1(C)C(F)(F)F.CC1CCC(F)[C@@H]1C.CCC1(C)CCCC1.C[C@@H]1C(C)(F)CCC1(F)F.C[C@@H]1CCCC1(C)C(F)(F)F.C[C@@H]1CCCC1F. The zero-order chi connectivity index (χ0) is 60.3. The number of rotatable bonds is 1. The zero-order valence-electron chi connectivity index (χ0n) is 49.1. The Hall–Kier alpha value is -1.26. The lowest BCUT2D eigenvalue weighted by molar-refractivity contribution is -0.266. The molecule has 0 aromatic heterocycles. The predicted molar refractivity (Wildman–Crippen MR) is 275 cm³/mol. The van der Waals surface area contributed by atoms with Gasteiger partial charge in [0.15, 0.2) is 0 Å². The quantitative estimate of drug-likeness (QED) is 0.230. The Bertz CT molecular complexity index is 1590. The molecule has 8 fully saturated rings. The predicted octanol–water partition coefficient (Wildman–Crippen LogP) is 23.6. The number of halogens is 18. The minimum Gasteiger partial charge on any atom is -0.247 e. The summed E-state index contributed by atoms with van der Waals surface area (Å²) in [6, 6.07) is 0. The van der Waals surface area contributed by atoms with Crippen LogP contribution in [0.3, 0.4) is 0 Å². The molecule has 7 unspecified atom stereocenters. The lowest BCUT2D eigenvalue weighted by atomic mass is 9.71. The molecule has 0 radical (unpaired) electrons. The Morgan fingerprint density at radius 1 is 0.377 bits per heavy atom. The minimum absolute atomic E-state index is 0.0127. The second kappa shape index (κ2) is 28.3. The molecule has 0 heterocycles. The summed E-state index contributed by atoms with van der Waals surface area (Å²) in [6.45, 7) is 22.2. The van der Waals surface area contributed by atoms with Gasteiger partial charge in [0.1, 0.15) is 23.7 Å². The highest BCUT2D eigenvalue weighted by Crippen LogP contribution is 2.65. The molecular formula is C59H100F18. The summed E-state index contributed by atoms with van der Waals surface area (Å²) < 4.78 is 226. The van der Waals surface area contributed by atoms with Crippen LogP contribution in [0.25, 0.3) is 0 Å². The van der Waals surface area contributed by atoms with E-state index in [1.165, 1.54) is 59.8 Å². The van der Waals surface area contributed by atoms with Gasteiger partial charge in [0, 0.05) is 6.42 Å². The van der Waals surface area contributed by atoms with Gasteiger partial charge in [-0.15, -0.1) is 0 Å². The smallest absolute Gasteiger partial charge is 0.247 e. The van der Waals surface area contributed by atoms with Gasteiger partial charge in [-0.3, -0.25) is 0 Å². The number of hydrogen-bond acceptors (Lipinski definition) is 0. The zero-order valence-corrected chi connectivity index (χ0v) is 49.1. The molecule has 0 aromatic rings. The maximum Gasteiger partial charge on any atom is 0.394 e. The molecule has 8 rings (SSSR count). The molecular weight excluding hydrogens is 1050 g/mol. The molecule has 0 aliphatic heterocycles. The van der Waals surface area contributed by atoms with E-state index in [2.05, 4.69) is 20.8 Å². The van der Waals surface area contributed by atoms with Crippen LogP contribution in [0, 0.1) is 62.6 Å². The third-order valence-corrected chi connectivity index (χ3v) is 20.7. The van der Waals surface area contributed by atoms with Gasteiger partial charge in [-0.2, -0.15) is 52.7 Å². The van der Waals surface area contributed by atoms with Crippen LogP contribution in [0.1, 0.15) is 257 Å². The maximum absolute atomic E-state index is 13.0. The lowest BCUT2D eigenvalue weighted by Gasteiger charge is -2.39. The molecule has 0 nitrogen and oxygen atoms in total. The van der Waals surface area contributed by atoms with Gasteiger partial charge in [-0.25, -0.2) is 26.3 Å². The average Bonchev–Trinajstić information content (AvgIpc) is 4.22. The van der Waals surface area contributed by atoms with Gasteiger partial charge >= 0.3 is 24.7 Å². The van der Waals surface area contributed by atoms with E-state index in [0.29, 0.717) is 37.0 Å². The highest BCUT2D eigenvalue weighted by Gasteiger charge is 2.69. The molecule has 0 saturated heterocycles. The van der Waals surface area contributed by atoms with E-state index >= 15 is 0 Å². The molecule has 77 heavy (non-hydrogen) atoms. The topological polar surface area (TPSA) is 0 Å². The maximum atomic E-state index is 13.0. The molecule has 0 N–H and O–H groups in total. The Balaban J connectivity index is 0.000000446. The molecule has 8 aliphatic rings. The lowest BCUT2D eigenvalue weighted by Crippen LogP contribution is -2.45. The molecule has 0 aromatic carbocycles. The Morgan fingerprint density at radius 2 is 0.805 bits per heavy atom. The normalized spacial score (nSPS) is 37.6. The molecule has 11 atom stereocenters. The summed E-state index contributed by atoms with van der Waals surface area (Å²) in [5, 5.41) is 0. The molecule has 8 saturated carbocycles. The van der Waals surface area contributed by atoms with E-state index in [-0.39, 0.29) is 18.8 Å². The van der Waals surface area contributed by atoms with Crippen molar-refractivity contribution in [3.8, 4) is 0 Å². The van der Waals surface area contributed by atoms with Crippen LogP contribution in [0.5, 0.6) is 0 Å². The molecule has 8 aliphatic carbocycles. The first kappa shape index (κ1) is 73.8. The van der Waals surface area contributed by atoms with E-state index in [0.717, 1.165) is 110 Å². The van der Waals surface area contributed by atoms with Crippen LogP contribution in [0.4, 0.5) is 79.0 Å². The third-order valence-electron chi connectivity index (χ3n) is 20.7. The Kier molecular flexibility index (Phi) is 27.2. The Labute approximate surface area is 452 Å². The van der Waals surface area contributed by atoms with Crippen molar-refractivity contribution >= 4 is 0 Å².